The minimum atomic E-state index is -4.02. The number of hydrogen-bond acceptors (Lipinski definition) is 6. The summed E-state index contributed by atoms with van der Waals surface area (Å²) < 4.78 is 27.5. The Morgan fingerprint density at radius 2 is 1.75 bits per heavy atom. The standard InChI is InChI=1S/C22H20N4O5S/c1-17-8-5-6-13-21(17)25(32(30,31)20-11-3-2-4-12-20)16-22(27)24-23-15-18-9-7-10-19(14-18)26(28)29/h2-15H,16H2,1H3,(H,24,27)/b23-15-. The lowest BCUT2D eigenvalue weighted by Gasteiger charge is -2.25. The van der Waals surface area contributed by atoms with Crippen LogP contribution in [-0.4, -0.2) is 32.0 Å². The summed E-state index contributed by atoms with van der Waals surface area (Å²) in [5.74, 6) is -0.672. The third-order valence-electron chi connectivity index (χ3n) is 4.49. The van der Waals surface area contributed by atoms with Crippen LogP contribution in [0.3, 0.4) is 0 Å². The molecule has 164 valence electrons. The van der Waals surface area contributed by atoms with Gasteiger partial charge in [-0.05, 0) is 30.7 Å². The number of aryl methyl sites for hydroxylation is 1. The molecule has 0 fully saturated rings. The Hall–Kier alpha value is -4.05. The Bertz CT molecular complexity index is 1260. The molecule has 0 saturated heterocycles. The van der Waals surface area contributed by atoms with Crippen LogP contribution in [0.1, 0.15) is 11.1 Å². The number of nitro groups is 1. The summed E-state index contributed by atoms with van der Waals surface area (Å²) in [6.07, 6.45) is 1.24. The zero-order chi connectivity index (χ0) is 23.1. The lowest BCUT2D eigenvalue weighted by atomic mass is 10.2. The maximum absolute atomic E-state index is 13.3. The maximum Gasteiger partial charge on any atom is 0.270 e. The van der Waals surface area contributed by atoms with Crippen molar-refractivity contribution in [1.82, 2.24) is 5.43 Å². The van der Waals surface area contributed by atoms with Gasteiger partial charge < -0.3 is 0 Å². The maximum atomic E-state index is 13.3. The fourth-order valence-corrected chi connectivity index (χ4v) is 4.43. The Labute approximate surface area is 185 Å². The van der Waals surface area contributed by atoms with Crippen LogP contribution in [0.4, 0.5) is 11.4 Å². The summed E-state index contributed by atoms with van der Waals surface area (Å²) in [5.41, 5.74) is 3.63. The second-order valence-corrected chi connectivity index (χ2v) is 8.62. The average Bonchev–Trinajstić information content (AvgIpc) is 2.79. The number of hydrazone groups is 1. The number of nitrogens with zero attached hydrogens (tertiary/aromatic N) is 3. The first-order chi connectivity index (χ1) is 15.3. The number of amides is 1. The molecular weight excluding hydrogens is 432 g/mol. The van der Waals surface area contributed by atoms with Gasteiger partial charge in [0, 0.05) is 17.7 Å². The number of carbonyl (C=O) groups is 1. The van der Waals surface area contributed by atoms with Crippen LogP contribution in [0.15, 0.2) is 88.9 Å². The summed E-state index contributed by atoms with van der Waals surface area (Å²) in [6, 6.07) is 20.4. The fraction of sp³-hybridized carbons (Fsp3) is 0.0909. The van der Waals surface area contributed by atoms with Crippen molar-refractivity contribution in [1.29, 1.82) is 0 Å². The predicted octanol–water partition coefficient (Wildman–Crippen LogP) is 3.25. The SMILES string of the molecule is Cc1ccccc1N(CC(=O)N/N=C\c1cccc([N+](=O)[O-])c1)S(=O)(=O)c1ccccc1. The van der Waals surface area contributed by atoms with Crippen molar-refractivity contribution in [3.05, 3.63) is 100 Å². The van der Waals surface area contributed by atoms with Crippen molar-refractivity contribution >= 4 is 33.5 Å². The molecule has 0 aliphatic heterocycles. The zero-order valence-electron chi connectivity index (χ0n) is 17.1. The third-order valence-corrected chi connectivity index (χ3v) is 6.26. The van der Waals surface area contributed by atoms with Gasteiger partial charge in [-0.25, -0.2) is 13.8 Å². The van der Waals surface area contributed by atoms with E-state index in [0.717, 1.165) is 4.31 Å². The van der Waals surface area contributed by atoms with Crippen LogP contribution in [0.2, 0.25) is 0 Å². The highest BCUT2D eigenvalue weighted by Gasteiger charge is 2.27. The molecule has 0 aliphatic carbocycles. The Kier molecular flexibility index (Phi) is 6.96. The molecule has 10 heteroatoms. The van der Waals surface area contributed by atoms with Crippen LogP contribution in [-0.2, 0) is 14.8 Å². The second kappa shape index (κ2) is 9.84. The number of anilines is 1. The molecule has 9 nitrogen and oxygen atoms in total. The molecule has 0 aliphatic rings. The molecule has 3 aromatic carbocycles. The first-order valence-electron chi connectivity index (χ1n) is 9.49. The zero-order valence-corrected chi connectivity index (χ0v) is 17.9. The van der Waals surface area contributed by atoms with Gasteiger partial charge >= 0.3 is 0 Å². The highest BCUT2D eigenvalue weighted by molar-refractivity contribution is 7.92. The topological polar surface area (TPSA) is 122 Å². The minimum Gasteiger partial charge on any atom is -0.271 e. The molecule has 0 heterocycles. The Morgan fingerprint density at radius 3 is 2.44 bits per heavy atom. The number of benzene rings is 3. The van der Waals surface area contributed by atoms with Crippen molar-refractivity contribution in [3.63, 3.8) is 0 Å². The van der Waals surface area contributed by atoms with Gasteiger partial charge in [0.15, 0.2) is 0 Å². The Morgan fingerprint density at radius 1 is 1.06 bits per heavy atom. The van der Waals surface area contributed by atoms with E-state index in [9.17, 15) is 23.3 Å². The number of para-hydroxylation sites is 1. The van der Waals surface area contributed by atoms with Crippen LogP contribution >= 0.6 is 0 Å². The van der Waals surface area contributed by atoms with E-state index in [0.29, 0.717) is 16.8 Å². The van der Waals surface area contributed by atoms with Gasteiger partial charge in [0.2, 0.25) is 0 Å². The predicted molar refractivity (Wildman–Crippen MR) is 121 cm³/mol. The van der Waals surface area contributed by atoms with E-state index in [4.69, 9.17) is 0 Å². The van der Waals surface area contributed by atoms with Gasteiger partial charge in [-0.3, -0.25) is 19.2 Å². The average molecular weight is 452 g/mol. The number of nitrogens with one attached hydrogen (secondary N) is 1. The number of sulfonamides is 1. The van der Waals surface area contributed by atoms with E-state index in [1.807, 2.05) is 0 Å². The van der Waals surface area contributed by atoms with E-state index >= 15 is 0 Å². The molecule has 0 radical (unpaired) electrons. The van der Waals surface area contributed by atoms with Crippen molar-refractivity contribution < 1.29 is 18.1 Å². The van der Waals surface area contributed by atoms with E-state index in [1.165, 1.54) is 36.5 Å². The molecule has 1 amide bonds. The highest BCUT2D eigenvalue weighted by Crippen LogP contribution is 2.26. The first-order valence-corrected chi connectivity index (χ1v) is 10.9. The largest absolute Gasteiger partial charge is 0.271 e. The lowest BCUT2D eigenvalue weighted by Crippen LogP contribution is -2.40. The summed E-state index contributed by atoms with van der Waals surface area (Å²) in [7, 11) is -4.02. The van der Waals surface area contributed by atoms with Crippen LogP contribution in [0, 0.1) is 17.0 Å². The van der Waals surface area contributed by atoms with Crippen LogP contribution in [0.5, 0.6) is 0 Å². The lowest BCUT2D eigenvalue weighted by molar-refractivity contribution is -0.384. The van der Waals surface area contributed by atoms with Crippen LogP contribution < -0.4 is 9.73 Å². The van der Waals surface area contributed by atoms with Gasteiger partial charge in [-0.15, -0.1) is 0 Å². The molecule has 3 aromatic rings. The summed E-state index contributed by atoms with van der Waals surface area (Å²) in [5, 5.41) is 14.7. The quantitative estimate of drug-likeness (QED) is 0.319. The second-order valence-electron chi connectivity index (χ2n) is 6.76. The molecule has 1 N–H and O–H groups in total. The van der Waals surface area contributed by atoms with Crippen molar-refractivity contribution in [2.24, 2.45) is 5.10 Å². The number of hydrogen-bond donors (Lipinski definition) is 1. The monoisotopic (exact) mass is 452 g/mol. The molecule has 0 unspecified atom stereocenters. The van der Waals surface area contributed by atoms with Gasteiger partial charge in [0.25, 0.3) is 21.6 Å². The van der Waals surface area contributed by atoms with Gasteiger partial charge in [-0.1, -0.05) is 48.5 Å². The molecule has 0 saturated carbocycles. The van der Waals surface area contributed by atoms with E-state index in [1.54, 1.807) is 55.5 Å². The van der Waals surface area contributed by atoms with E-state index in [2.05, 4.69) is 10.5 Å². The van der Waals surface area contributed by atoms with Crippen molar-refractivity contribution in [3.8, 4) is 0 Å². The van der Waals surface area contributed by atoms with E-state index < -0.39 is 27.4 Å². The fourth-order valence-electron chi connectivity index (χ4n) is 2.93. The van der Waals surface area contributed by atoms with E-state index in [-0.39, 0.29) is 10.6 Å². The molecule has 0 spiro atoms. The minimum absolute atomic E-state index is 0.0520. The number of non-ortho nitro benzene ring substituents is 1. The molecular formula is C22H20N4O5S. The summed E-state index contributed by atoms with van der Waals surface area (Å²) in [4.78, 5) is 22.9. The molecule has 0 bridgehead atoms. The number of nitro benzene ring substituents is 1. The Balaban J connectivity index is 1.82. The molecule has 0 aromatic heterocycles. The van der Waals surface area contributed by atoms with Gasteiger partial charge in [0.05, 0.1) is 21.7 Å². The molecule has 3 rings (SSSR count). The number of carbonyl (C=O) groups excluding carboxylic acids is 1. The molecule has 0 atom stereocenters. The number of rotatable bonds is 8. The normalized spacial score (nSPS) is 11.3. The van der Waals surface area contributed by atoms with Crippen LogP contribution in [0.25, 0.3) is 0 Å². The smallest absolute Gasteiger partial charge is 0.270 e. The van der Waals surface area contributed by atoms with Gasteiger partial charge in [0.1, 0.15) is 6.54 Å². The van der Waals surface area contributed by atoms with Gasteiger partial charge in [-0.2, -0.15) is 5.10 Å². The third kappa shape index (κ3) is 5.35. The first kappa shape index (κ1) is 22.6. The van der Waals surface area contributed by atoms with Crippen molar-refractivity contribution in [2.75, 3.05) is 10.8 Å². The molecule has 32 heavy (non-hydrogen) atoms. The highest BCUT2D eigenvalue weighted by atomic mass is 32.2. The summed E-state index contributed by atoms with van der Waals surface area (Å²) in [6.45, 7) is 1.25. The summed E-state index contributed by atoms with van der Waals surface area (Å²) >= 11 is 0. The van der Waals surface area contributed by atoms with Crippen molar-refractivity contribution in [2.45, 2.75) is 11.8 Å².